The highest BCUT2D eigenvalue weighted by molar-refractivity contribution is 6.03. The number of anilines is 1. The van der Waals surface area contributed by atoms with Crippen molar-refractivity contribution in [2.24, 2.45) is 0 Å². The Kier molecular flexibility index (Phi) is 5.77. The smallest absolute Gasteiger partial charge is 0.355 e. The molecule has 27 heavy (non-hydrogen) atoms. The van der Waals surface area contributed by atoms with Crippen LogP contribution in [0.1, 0.15) is 5.76 Å². The van der Waals surface area contributed by atoms with Crippen molar-refractivity contribution in [3.05, 3.63) is 59.7 Å². The summed E-state index contributed by atoms with van der Waals surface area (Å²) in [4.78, 5) is 25.8. The lowest BCUT2D eigenvalue weighted by atomic mass is 10.1. The number of methoxy groups -OCH3 is 2. The Labute approximate surface area is 155 Å². The fourth-order valence-electron chi connectivity index (χ4n) is 2.62. The van der Waals surface area contributed by atoms with Crippen molar-refractivity contribution >= 4 is 17.6 Å². The summed E-state index contributed by atoms with van der Waals surface area (Å²) in [5.41, 5.74) is 0.843. The van der Waals surface area contributed by atoms with Crippen LogP contribution in [0.5, 0.6) is 5.75 Å². The average Bonchev–Trinajstić information content (AvgIpc) is 3.24. The van der Waals surface area contributed by atoms with Gasteiger partial charge in [0.25, 0.3) is 0 Å². The molecule has 2 aromatic rings. The molecule has 0 atom stereocenters. The molecule has 0 amide bonds. The molecule has 3 rings (SSSR count). The Morgan fingerprint density at radius 1 is 1.07 bits per heavy atom. The number of esters is 2. The predicted molar refractivity (Wildman–Crippen MR) is 93.8 cm³/mol. The van der Waals surface area contributed by atoms with E-state index in [0.29, 0.717) is 23.8 Å². The first kappa shape index (κ1) is 18.5. The molecule has 0 saturated heterocycles. The first-order valence-electron chi connectivity index (χ1n) is 8.14. The molecule has 0 spiro atoms. The van der Waals surface area contributed by atoms with Crippen molar-refractivity contribution in [1.82, 2.24) is 0 Å². The largest absolute Gasteiger partial charge is 0.486 e. The monoisotopic (exact) mass is 373 g/mol. The molecule has 0 bridgehead atoms. The number of hydrogen-bond acceptors (Lipinski definition) is 8. The number of carbonyl (C=O) groups excluding carboxylic acids is 2. The number of benzene rings is 1. The first-order valence-corrected chi connectivity index (χ1v) is 8.14. The van der Waals surface area contributed by atoms with Crippen molar-refractivity contribution in [2.45, 2.75) is 6.61 Å². The van der Waals surface area contributed by atoms with Gasteiger partial charge in [0.2, 0.25) is 0 Å². The third-order valence-electron chi connectivity index (χ3n) is 3.94. The van der Waals surface area contributed by atoms with Gasteiger partial charge < -0.3 is 28.3 Å². The zero-order valence-electron chi connectivity index (χ0n) is 15.0. The van der Waals surface area contributed by atoms with Crippen LogP contribution in [0.25, 0.3) is 0 Å². The number of rotatable bonds is 6. The van der Waals surface area contributed by atoms with Crippen LogP contribution < -0.4 is 9.64 Å². The summed E-state index contributed by atoms with van der Waals surface area (Å²) in [5.74, 6) is 0.0577. The van der Waals surface area contributed by atoms with Gasteiger partial charge in [0, 0.05) is 5.69 Å². The number of furan rings is 1. The molecule has 0 radical (unpaired) electrons. The molecular weight excluding hydrogens is 354 g/mol. The fourth-order valence-corrected chi connectivity index (χ4v) is 2.62. The van der Waals surface area contributed by atoms with Gasteiger partial charge in [-0.3, -0.25) is 0 Å². The molecule has 1 aliphatic rings. The maximum absolute atomic E-state index is 12.3. The number of ether oxygens (including phenoxy) is 4. The van der Waals surface area contributed by atoms with Gasteiger partial charge in [0.15, 0.2) is 0 Å². The summed E-state index contributed by atoms with van der Waals surface area (Å²) in [6.07, 6.45) is 1.58. The Bertz CT molecular complexity index is 824. The standard InChI is InChI=1S/C19H19NO7/c1-23-18(21)16-11-25-12-20(17(16)19(22)24-2)13-5-7-14(8-6-13)27-10-15-4-3-9-26-15/h3-9H,10-12H2,1-2H3. The molecule has 1 aromatic carbocycles. The topological polar surface area (TPSA) is 87.4 Å². The minimum absolute atomic E-state index is 0.0298. The molecule has 142 valence electrons. The van der Waals surface area contributed by atoms with Gasteiger partial charge in [-0.15, -0.1) is 0 Å². The Morgan fingerprint density at radius 2 is 1.81 bits per heavy atom. The summed E-state index contributed by atoms with van der Waals surface area (Å²) >= 11 is 0. The van der Waals surface area contributed by atoms with Crippen molar-refractivity contribution in [2.75, 3.05) is 32.5 Å². The van der Waals surface area contributed by atoms with E-state index in [4.69, 9.17) is 23.4 Å². The van der Waals surface area contributed by atoms with Crippen molar-refractivity contribution in [3.8, 4) is 5.75 Å². The third-order valence-corrected chi connectivity index (χ3v) is 3.94. The van der Waals surface area contributed by atoms with Crippen LogP contribution in [-0.2, 0) is 30.4 Å². The van der Waals surface area contributed by atoms with Crippen LogP contribution in [0.2, 0.25) is 0 Å². The second-order valence-electron chi connectivity index (χ2n) is 5.58. The maximum atomic E-state index is 12.3. The van der Waals surface area contributed by atoms with Crippen LogP contribution in [-0.4, -0.2) is 39.5 Å². The zero-order chi connectivity index (χ0) is 19.2. The molecule has 0 aliphatic carbocycles. The summed E-state index contributed by atoms with van der Waals surface area (Å²) in [5, 5.41) is 0. The molecule has 8 nitrogen and oxygen atoms in total. The van der Waals surface area contributed by atoms with Gasteiger partial charge >= 0.3 is 11.9 Å². The van der Waals surface area contributed by atoms with E-state index in [0.717, 1.165) is 0 Å². The van der Waals surface area contributed by atoms with E-state index < -0.39 is 11.9 Å². The zero-order valence-corrected chi connectivity index (χ0v) is 15.0. The van der Waals surface area contributed by atoms with Gasteiger partial charge in [-0.25, -0.2) is 9.59 Å². The van der Waals surface area contributed by atoms with Crippen LogP contribution in [0.3, 0.4) is 0 Å². The molecular formula is C19H19NO7. The van der Waals surface area contributed by atoms with Crippen molar-refractivity contribution in [1.29, 1.82) is 0 Å². The Morgan fingerprint density at radius 3 is 2.44 bits per heavy atom. The van der Waals surface area contributed by atoms with E-state index in [1.807, 2.05) is 6.07 Å². The van der Waals surface area contributed by atoms with E-state index in [1.54, 1.807) is 41.5 Å². The van der Waals surface area contributed by atoms with E-state index in [1.165, 1.54) is 14.2 Å². The number of hydrogen-bond donors (Lipinski definition) is 0. The first-order chi connectivity index (χ1) is 13.1. The molecule has 0 saturated carbocycles. The van der Waals surface area contributed by atoms with Crippen molar-refractivity contribution in [3.63, 3.8) is 0 Å². The summed E-state index contributed by atoms with van der Waals surface area (Å²) in [7, 11) is 2.50. The van der Waals surface area contributed by atoms with Crippen LogP contribution >= 0.6 is 0 Å². The van der Waals surface area contributed by atoms with E-state index >= 15 is 0 Å². The van der Waals surface area contributed by atoms with Crippen LogP contribution in [0.4, 0.5) is 5.69 Å². The molecule has 8 heteroatoms. The molecule has 1 aromatic heterocycles. The molecule has 2 heterocycles. The normalized spacial score (nSPS) is 14.1. The molecule has 1 aliphatic heterocycles. The van der Waals surface area contributed by atoms with Crippen molar-refractivity contribution < 1.29 is 33.0 Å². The maximum Gasteiger partial charge on any atom is 0.355 e. The number of carbonyl (C=O) groups is 2. The SMILES string of the molecule is COC(=O)C1=C(C(=O)OC)N(c2ccc(OCc3ccco3)cc2)COC1. The third kappa shape index (κ3) is 4.12. The van der Waals surface area contributed by atoms with Gasteiger partial charge in [-0.05, 0) is 36.4 Å². The summed E-state index contributed by atoms with van der Waals surface area (Å²) < 4.78 is 25.9. The van der Waals surface area contributed by atoms with Gasteiger partial charge in [-0.1, -0.05) is 0 Å². The fraction of sp³-hybridized carbons (Fsp3) is 0.263. The quantitative estimate of drug-likeness (QED) is 0.713. The van der Waals surface area contributed by atoms with Gasteiger partial charge in [-0.2, -0.15) is 0 Å². The van der Waals surface area contributed by atoms with Crippen LogP contribution in [0, 0.1) is 0 Å². The highest BCUT2D eigenvalue weighted by atomic mass is 16.5. The minimum atomic E-state index is -0.642. The molecule has 0 fully saturated rings. The minimum Gasteiger partial charge on any atom is -0.486 e. The highest BCUT2D eigenvalue weighted by Crippen LogP contribution is 2.28. The lowest BCUT2D eigenvalue weighted by Gasteiger charge is -2.31. The Hall–Kier alpha value is -3.26. The lowest BCUT2D eigenvalue weighted by molar-refractivity contribution is -0.140. The highest BCUT2D eigenvalue weighted by Gasteiger charge is 2.32. The molecule has 0 N–H and O–H groups in total. The second-order valence-corrected chi connectivity index (χ2v) is 5.58. The van der Waals surface area contributed by atoms with Gasteiger partial charge in [0.05, 0.1) is 32.7 Å². The average molecular weight is 373 g/mol. The molecule has 0 unspecified atom stereocenters. The van der Waals surface area contributed by atoms with E-state index in [-0.39, 0.29) is 24.6 Å². The van der Waals surface area contributed by atoms with Crippen LogP contribution in [0.15, 0.2) is 58.3 Å². The number of nitrogens with zero attached hydrogens (tertiary/aromatic N) is 1. The summed E-state index contributed by atoms with van der Waals surface area (Å²) in [6, 6.07) is 10.6. The predicted octanol–water partition coefficient (Wildman–Crippen LogP) is 2.25. The van der Waals surface area contributed by atoms with E-state index in [9.17, 15) is 9.59 Å². The Balaban J connectivity index is 1.82. The summed E-state index contributed by atoms with van der Waals surface area (Å²) in [6.45, 7) is 0.369. The second kappa shape index (κ2) is 8.41. The van der Waals surface area contributed by atoms with E-state index in [2.05, 4.69) is 0 Å². The lowest BCUT2D eigenvalue weighted by Crippen LogP contribution is -2.38. The van der Waals surface area contributed by atoms with Gasteiger partial charge in [0.1, 0.15) is 30.5 Å².